The van der Waals surface area contributed by atoms with Gasteiger partial charge in [0.15, 0.2) is 0 Å². The number of ether oxygens (including phenoxy) is 1. The van der Waals surface area contributed by atoms with Gasteiger partial charge in [-0.1, -0.05) is 30.3 Å². The number of urea groups is 1. The van der Waals surface area contributed by atoms with Crippen LogP contribution in [0.15, 0.2) is 30.3 Å². The van der Waals surface area contributed by atoms with E-state index in [-0.39, 0.29) is 31.5 Å². The zero-order valence-electron chi connectivity index (χ0n) is 17.9. The van der Waals surface area contributed by atoms with Crippen LogP contribution >= 0.6 is 0 Å². The van der Waals surface area contributed by atoms with Crippen LogP contribution in [-0.4, -0.2) is 92.3 Å². The minimum atomic E-state index is -4.29. The van der Waals surface area contributed by atoms with Crippen LogP contribution in [0.3, 0.4) is 0 Å². The molecule has 0 aromatic heterocycles. The molecule has 0 unspecified atom stereocenters. The molecule has 1 N–H and O–H groups in total. The van der Waals surface area contributed by atoms with Gasteiger partial charge in [0.25, 0.3) is 0 Å². The molecule has 1 saturated heterocycles. The number of carbonyl (C=O) groups is 2. The summed E-state index contributed by atoms with van der Waals surface area (Å²) < 4.78 is 40.7. The third-order valence-electron chi connectivity index (χ3n) is 4.98. The Labute approximate surface area is 181 Å². The molecule has 10 heteroatoms. The lowest BCUT2D eigenvalue weighted by Crippen LogP contribution is -2.49. The number of nitrogens with zero attached hydrogens (tertiary/aromatic N) is 3. The number of halogens is 3. The molecule has 0 aliphatic carbocycles. The van der Waals surface area contributed by atoms with Crippen LogP contribution in [0, 0.1) is 0 Å². The molecule has 1 fully saturated rings. The Morgan fingerprint density at radius 2 is 1.81 bits per heavy atom. The van der Waals surface area contributed by atoms with Crippen LogP contribution in [0.4, 0.5) is 18.0 Å². The number of alkyl halides is 3. The summed E-state index contributed by atoms with van der Waals surface area (Å²) in [6.45, 7) is 2.76. The second-order valence-corrected chi connectivity index (χ2v) is 7.57. The fourth-order valence-corrected chi connectivity index (χ4v) is 3.30. The fourth-order valence-electron chi connectivity index (χ4n) is 3.30. The second kappa shape index (κ2) is 12.5. The predicted molar refractivity (Wildman–Crippen MR) is 110 cm³/mol. The van der Waals surface area contributed by atoms with Gasteiger partial charge < -0.3 is 19.9 Å². The van der Waals surface area contributed by atoms with Crippen LogP contribution in [0.5, 0.6) is 0 Å². The first-order chi connectivity index (χ1) is 14.7. The molecular formula is C21H31F3N4O3. The molecule has 1 heterocycles. The zero-order valence-corrected chi connectivity index (χ0v) is 17.9. The van der Waals surface area contributed by atoms with Gasteiger partial charge in [-0.2, -0.15) is 13.2 Å². The number of hydrogen-bond donors (Lipinski definition) is 1. The first-order valence-corrected chi connectivity index (χ1v) is 10.4. The van der Waals surface area contributed by atoms with Gasteiger partial charge in [-0.05, 0) is 12.0 Å². The fraction of sp³-hybridized carbons (Fsp3) is 0.619. The molecule has 0 atom stereocenters. The van der Waals surface area contributed by atoms with E-state index >= 15 is 0 Å². The predicted octanol–water partition coefficient (Wildman–Crippen LogP) is 2.33. The standard InChI is InChI=1S/C21H31F3N4O3/c1-26(16-18-6-3-2-4-7-18)20(30)25-9-8-19(29)28-13-11-27(12-14-28)10-5-15-31-17-21(22,23)24/h2-4,6-7H,5,8-17H2,1H3,(H,25,30). The zero-order chi connectivity index (χ0) is 22.7. The summed E-state index contributed by atoms with van der Waals surface area (Å²) in [5, 5.41) is 2.77. The normalized spacial score (nSPS) is 15.0. The first kappa shape index (κ1) is 24.9. The quantitative estimate of drug-likeness (QED) is 0.563. The van der Waals surface area contributed by atoms with Gasteiger partial charge >= 0.3 is 12.2 Å². The van der Waals surface area contributed by atoms with E-state index in [1.807, 2.05) is 30.3 Å². The first-order valence-electron chi connectivity index (χ1n) is 10.4. The Morgan fingerprint density at radius 3 is 2.45 bits per heavy atom. The molecule has 1 aromatic rings. The number of benzene rings is 1. The minimum absolute atomic E-state index is 0.0147. The monoisotopic (exact) mass is 444 g/mol. The van der Waals surface area contributed by atoms with E-state index in [9.17, 15) is 22.8 Å². The Bertz CT molecular complexity index is 680. The third kappa shape index (κ3) is 10.0. The van der Waals surface area contributed by atoms with Crippen molar-refractivity contribution >= 4 is 11.9 Å². The summed E-state index contributed by atoms with van der Waals surface area (Å²) in [5.74, 6) is -0.0147. The van der Waals surface area contributed by atoms with E-state index in [4.69, 9.17) is 0 Å². The van der Waals surface area contributed by atoms with Crippen molar-refractivity contribution in [1.82, 2.24) is 20.0 Å². The van der Waals surface area contributed by atoms with Crippen LogP contribution in [0.2, 0.25) is 0 Å². The molecule has 31 heavy (non-hydrogen) atoms. The van der Waals surface area contributed by atoms with Crippen LogP contribution in [0.1, 0.15) is 18.4 Å². The molecule has 0 radical (unpaired) electrons. The summed E-state index contributed by atoms with van der Waals surface area (Å²) in [6, 6.07) is 9.42. The topological polar surface area (TPSA) is 65.1 Å². The molecule has 0 spiro atoms. The van der Waals surface area contributed by atoms with Crippen molar-refractivity contribution in [2.75, 3.05) is 59.5 Å². The summed E-state index contributed by atoms with van der Waals surface area (Å²) in [4.78, 5) is 30.0. The van der Waals surface area contributed by atoms with E-state index in [0.717, 1.165) is 5.56 Å². The molecule has 1 aliphatic heterocycles. The molecule has 2 rings (SSSR count). The van der Waals surface area contributed by atoms with Crippen molar-refractivity contribution in [2.24, 2.45) is 0 Å². The highest BCUT2D eigenvalue weighted by Crippen LogP contribution is 2.14. The Balaban J connectivity index is 1.55. The number of hydrogen-bond acceptors (Lipinski definition) is 4. The summed E-state index contributed by atoms with van der Waals surface area (Å²) >= 11 is 0. The lowest BCUT2D eigenvalue weighted by Gasteiger charge is -2.34. The number of amides is 3. The Morgan fingerprint density at radius 1 is 1.13 bits per heavy atom. The van der Waals surface area contributed by atoms with Crippen molar-refractivity contribution in [1.29, 1.82) is 0 Å². The van der Waals surface area contributed by atoms with Gasteiger partial charge in [0.2, 0.25) is 5.91 Å². The van der Waals surface area contributed by atoms with Gasteiger partial charge in [-0.25, -0.2) is 4.79 Å². The average molecular weight is 444 g/mol. The van der Waals surface area contributed by atoms with E-state index in [1.54, 1.807) is 16.8 Å². The lowest BCUT2D eigenvalue weighted by atomic mass is 10.2. The molecule has 3 amide bonds. The van der Waals surface area contributed by atoms with E-state index in [1.165, 1.54) is 0 Å². The number of nitrogens with one attached hydrogen (secondary N) is 1. The van der Waals surface area contributed by atoms with Gasteiger partial charge in [-0.15, -0.1) is 0 Å². The Kier molecular flexibility index (Phi) is 10.1. The lowest BCUT2D eigenvalue weighted by molar-refractivity contribution is -0.174. The van der Waals surface area contributed by atoms with Crippen molar-refractivity contribution in [3.8, 4) is 0 Å². The molecule has 0 saturated carbocycles. The van der Waals surface area contributed by atoms with Gasteiger partial charge in [0, 0.05) is 65.9 Å². The molecule has 0 bridgehead atoms. The van der Waals surface area contributed by atoms with Crippen LogP contribution < -0.4 is 5.32 Å². The highest BCUT2D eigenvalue weighted by Gasteiger charge is 2.27. The van der Waals surface area contributed by atoms with Crippen molar-refractivity contribution in [3.05, 3.63) is 35.9 Å². The summed E-state index contributed by atoms with van der Waals surface area (Å²) in [6.07, 6.45) is -3.54. The largest absolute Gasteiger partial charge is 0.411 e. The van der Waals surface area contributed by atoms with E-state index < -0.39 is 12.8 Å². The van der Waals surface area contributed by atoms with Gasteiger partial charge in [0.1, 0.15) is 6.61 Å². The highest BCUT2D eigenvalue weighted by molar-refractivity contribution is 5.78. The number of piperazine rings is 1. The maximum Gasteiger partial charge on any atom is 0.411 e. The van der Waals surface area contributed by atoms with E-state index in [2.05, 4.69) is 15.0 Å². The summed E-state index contributed by atoms with van der Waals surface area (Å²) in [7, 11) is 1.71. The van der Waals surface area contributed by atoms with Crippen molar-refractivity contribution in [2.45, 2.75) is 25.6 Å². The smallest absolute Gasteiger partial charge is 0.372 e. The number of rotatable bonds is 10. The molecule has 174 valence electrons. The van der Waals surface area contributed by atoms with Gasteiger partial charge in [-0.3, -0.25) is 9.69 Å². The Hall–Kier alpha value is -2.33. The highest BCUT2D eigenvalue weighted by atomic mass is 19.4. The third-order valence-corrected chi connectivity index (χ3v) is 4.98. The maximum atomic E-state index is 12.4. The van der Waals surface area contributed by atoms with E-state index in [0.29, 0.717) is 45.7 Å². The van der Waals surface area contributed by atoms with Gasteiger partial charge in [0.05, 0.1) is 0 Å². The molecule has 7 nitrogen and oxygen atoms in total. The number of carbonyl (C=O) groups excluding carboxylic acids is 2. The maximum absolute atomic E-state index is 12.4. The SMILES string of the molecule is CN(Cc1ccccc1)C(=O)NCCC(=O)N1CCN(CCCOCC(F)(F)F)CC1. The van der Waals surface area contributed by atoms with Crippen molar-refractivity contribution < 1.29 is 27.5 Å². The van der Waals surface area contributed by atoms with Crippen LogP contribution in [0.25, 0.3) is 0 Å². The minimum Gasteiger partial charge on any atom is -0.372 e. The van der Waals surface area contributed by atoms with Crippen LogP contribution in [-0.2, 0) is 16.1 Å². The second-order valence-electron chi connectivity index (χ2n) is 7.57. The summed E-state index contributed by atoms with van der Waals surface area (Å²) in [5.41, 5.74) is 1.03. The molecular weight excluding hydrogens is 413 g/mol. The molecule has 1 aromatic carbocycles. The molecule has 1 aliphatic rings. The van der Waals surface area contributed by atoms with Crippen molar-refractivity contribution in [3.63, 3.8) is 0 Å². The average Bonchev–Trinajstić information content (AvgIpc) is 2.73.